The molecule has 0 spiro atoms. The standard InChI is InChI=1S/C8H14N2O5/c1-3(11)10-5-7-6(12)4(2-13-15-7)14-8(5)9/h4-8,12H,2,9H2,1H3,(H,10,11)/t4-,5-,6-,7-,8-/m1/s1. The first-order chi connectivity index (χ1) is 7.09. The third-order valence-corrected chi connectivity index (χ3v) is 2.54. The van der Waals surface area contributed by atoms with Crippen molar-refractivity contribution in [1.82, 2.24) is 5.32 Å². The Morgan fingerprint density at radius 3 is 3.00 bits per heavy atom. The van der Waals surface area contributed by atoms with Crippen LogP contribution in [0.25, 0.3) is 0 Å². The van der Waals surface area contributed by atoms with E-state index in [1.807, 2.05) is 0 Å². The van der Waals surface area contributed by atoms with Gasteiger partial charge in [-0.05, 0) is 0 Å². The van der Waals surface area contributed by atoms with Gasteiger partial charge in [-0.25, -0.2) is 9.78 Å². The third-order valence-electron chi connectivity index (χ3n) is 2.54. The molecule has 7 heteroatoms. The summed E-state index contributed by atoms with van der Waals surface area (Å²) in [5.41, 5.74) is 5.70. The highest BCUT2D eigenvalue weighted by molar-refractivity contribution is 5.73. The lowest BCUT2D eigenvalue weighted by atomic mass is 9.95. The minimum Gasteiger partial charge on any atom is -0.387 e. The molecule has 7 nitrogen and oxygen atoms in total. The Hall–Kier alpha value is -0.730. The number of ether oxygens (including phenoxy) is 1. The fraction of sp³-hybridized carbons (Fsp3) is 0.875. The van der Waals surface area contributed by atoms with Crippen LogP contribution >= 0.6 is 0 Å². The van der Waals surface area contributed by atoms with Crippen molar-refractivity contribution >= 4 is 5.91 Å². The van der Waals surface area contributed by atoms with Crippen LogP contribution in [0.4, 0.5) is 0 Å². The van der Waals surface area contributed by atoms with Crippen LogP contribution in [0.3, 0.4) is 0 Å². The molecule has 2 bridgehead atoms. The molecular weight excluding hydrogens is 204 g/mol. The molecular formula is C8H14N2O5. The largest absolute Gasteiger partial charge is 0.387 e. The van der Waals surface area contributed by atoms with Gasteiger partial charge in [0.15, 0.2) is 0 Å². The van der Waals surface area contributed by atoms with Crippen molar-refractivity contribution in [3.05, 3.63) is 0 Å². The van der Waals surface area contributed by atoms with Gasteiger partial charge in [-0.1, -0.05) is 0 Å². The number of carbonyl (C=O) groups excluding carboxylic acids is 1. The first-order valence-electron chi connectivity index (χ1n) is 4.74. The molecule has 15 heavy (non-hydrogen) atoms. The van der Waals surface area contributed by atoms with E-state index in [4.69, 9.17) is 20.2 Å². The highest BCUT2D eigenvalue weighted by Gasteiger charge is 2.48. The number of hydrogen-bond donors (Lipinski definition) is 3. The molecule has 4 N–H and O–H groups in total. The first-order valence-corrected chi connectivity index (χ1v) is 4.74. The van der Waals surface area contributed by atoms with Crippen molar-refractivity contribution in [2.45, 2.75) is 37.5 Å². The summed E-state index contributed by atoms with van der Waals surface area (Å²) >= 11 is 0. The second-order valence-corrected chi connectivity index (χ2v) is 3.70. The summed E-state index contributed by atoms with van der Waals surface area (Å²) < 4.78 is 5.29. The van der Waals surface area contributed by atoms with E-state index in [0.717, 1.165) is 0 Å². The Labute approximate surface area is 86.4 Å². The highest BCUT2D eigenvalue weighted by atomic mass is 17.2. The number of aliphatic hydroxyl groups excluding tert-OH is 1. The average molecular weight is 218 g/mol. The minimum absolute atomic E-state index is 0.137. The van der Waals surface area contributed by atoms with Crippen molar-refractivity contribution < 1.29 is 24.4 Å². The number of nitrogens with one attached hydrogen (secondary N) is 1. The van der Waals surface area contributed by atoms with Crippen LogP contribution in [0, 0.1) is 0 Å². The van der Waals surface area contributed by atoms with Crippen LogP contribution in [0.5, 0.6) is 0 Å². The van der Waals surface area contributed by atoms with Gasteiger partial charge in [0.1, 0.15) is 37.2 Å². The van der Waals surface area contributed by atoms with Crippen LogP contribution in [0.2, 0.25) is 0 Å². The maximum atomic E-state index is 10.9. The molecule has 0 aromatic rings. The van der Waals surface area contributed by atoms with Gasteiger partial charge in [-0.15, -0.1) is 0 Å². The maximum absolute atomic E-state index is 10.9. The summed E-state index contributed by atoms with van der Waals surface area (Å²) in [6.45, 7) is 1.49. The van der Waals surface area contributed by atoms with E-state index < -0.39 is 30.6 Å². The van der Waals surface area contributed by atoms with Gasteiger partial charge < -0.3 is 20.9 Å². The van der Waals surface area contributed by atoms with Crippen molar-refractivity contribution in [2.75, 3.05) is 6.61 Å². The third kappa shape index (κ3) is 1.97. The fourth-order valence-corrected chi connectivity index (χ4v) is 1.82. The Balaban J connectivity index is 2.11. The number of aliphatic hydroxyl groups is 1. The molecule has 0 unspecified atom stereocenters. The van der Waals surface area contributed by atoms with Crippen LogP contribution in [0.15, 0.2) is 0 Å². The molecule has 2 fully saturated rings. The molecule has 0 aromatic heterocycles. The summed E-state index contributed by atoms with van der Waals surface area (Å²) in [5.74, 6) is -0.265. The van der Waals surface area contributed by atoms with E-state index in [1.54, 1.807) is 0 Å². The molecule has 5 atom stereocenters. The monoisotopic (exact) mass is 218 g/mol. The molecule has 0 radical (unpaired) electrons. The number of rotatable bonds is 1. The lowest BCUT2D eigenvalue weighted by Crippen LogP contribution is -2.69. The summed E-state index contributed by atoms with van der Waals surface area (Å²) in [4.78, 5) is 20.6. The van der Waals surface area contributed by atoms with Crippen molar-refractivity contribution in [2.24, 2.45) is 5.73 Å². The zero-order chi connectivity index (χ0) is 11.0. The highest BCUT2D eigenvalue weighted by Crippen LogP contribution is 2.25. The number of carbonyl (C=O) groups is 1. The van der Waals surface area contributed by atoms with E-state index >= 15 is 0 Å². The quantitative estimate of drug-likeness (QED) is 0.434. The van der Waals surface area contributed by atoms with Crippen molar-refractivity contribution in [3.8, 4) is 0 Å². The lowest BCUT2D eigenvalue weighted by Gasteiger charge is -2.45. The summed E-state index contributed by atoms with van der Waals surface area (Å²) in [7, 11) is 0. The average Bonchev–Trinajstić information content (AvgIpc) is 2.15. The number of amides is 1. The Morgan fingerprint density at radius 1 is 1.60 bits per heavy atom. The van der Waals surface area contributed by atoms with Crippen LogP contribution < -0.4 is 11.1 Å². The van der Waals surface area contributed by atoms with Gasteiger partial charge in [-0.3, -0.25) is 4.79 Å². The Morgan fingerprint density at radius 2 is 2.33 bits per heavy atom. The molecule has 1 amide bonds. The number of nitrogens with two attached hydrogens (primary N) is 1. The van der Waals surface area contributed by atoms with Crippen LogP contribution in [-0.2, 0) is 19.3 Å². The fourth-order valence-electron chi connectivity index (χ4n) is 1.82. The van der Waals surface area contributed by atoms with Gasteiger partial charge >= 0.3 is 0 Å². The normalized spacial score (nSPS) is 44.9. The smallest absolute Gasteiger partial charge is 0.217 e. The van der Waals surface area contributed by atoms with Crippen molar-refractivity contribution in [1.29, 1.82) is 0 Å². The molecule has 0 aliphatic carbocycles. The van der Waals surface area contributed by atoms with E-state index in [9.17, 15) is 9.90 Å². The molecule has 2 aliphatic heterocycles. The first kappa shape index (κ1) is 10.8. The predicted molar refractivity (Wildman–Crippen MR) is 47.3 cm³/mol. The van der Waals surface area contributed by atoms with Gasteiger partial charge in [0, 0.05) is 6.92 Å². The van der Waals surface area contributed by atoms with Crippen molar-refractivity contribution in [3.63, 3.8) is 0 Å². The summed E-state index contributed by atoms with van der Waals surface area (Å²) in [5, 5.41) is 12.3. The molecule has 86 valence electrons. The zero-order valence-corrected chi connectivity index (χ0v) is 8.25. The van der Waals surface area contributed by atoms with E-state index in [0.29, 0.717) is 0 Å². The Bertz CT molecular complexity index is 261. The molecule has 0 aromatic carbocycles. The van der Waals surface area contributed by atoms with Gasteiger partial charge in [0.2, 0.25) is 5.91 Å². The van der Waals surface area contributed by atoms with Crippen LogP contribution in [-0.4, -0.2) is 48.2 Å². The topological polar surface area (TPSA) is 103 Å². The molecule has 2 rings (SSSR count). The zero-order valence-electron chi connectivity index (χ0n) is 8.25. The summed E-state index contributed by atoms with van der Waals surface area (Å²) in [6.07, 6.45) is -2.72. The minimum atomic E-state index is -0.838. The predicted octanol–water partition coefficient (Wildman–Crippen LogP) is -2.13. The molecule has 2 saturated heterocycles. The van der Waals surface area contributed by atoms with E-state index in [2.05, 4.69) is 5.32 Å². The number of hydrogen-bond acceptors (Lipinski definition) is 6. The number of fused-ring (bicyclic) bond motifs is 2. The second-order valence-electron chi connectivity index (χ2n) is 3.70. The van der Waals surface area contributed by atoms with Crippen LogP contribution in [0.1, 0.15) is 6.92 Å². The second kappa shape index (κ2) is 4.03. The molecule has 2 aliphatic rings. The van der Waals surface area contributed by atoms with E-state index in [1.165, 1.54) is 6.92 Å². The van der Waals surface area contributed by atoms with Gasteiger partial charge in [-0.2, -0.15) is 0 Å². The Kier molecular flexibility index (Phi) is 2.89. The van der Waals surface area contributed by atoms with Gasteiger partial charge in [0.25, 0.3) is 0 Å². The summed E-state index contributed by atoms with van der Waals surface area (Å²) in [6, 6.07) is -0.603. The molecule has 0 saturated carbocycles. The molecule has 2 heterocycles. The lowest BCUT2D eigenvalue weighted by molar-refractivity contribution is -0.413. The van der Waals surface area contributed by atoms with E-state index in [-0.39, 0.29) is 12.5 Å². The maximum Gasteiger partial charge on any atom is 0.217 e. The SMILES string of the molecule is CC(=O)N[C@@H]1[C@H]2OOC[C@@H](O[C@H]1N)[C@H]2O. The van der Waals surface area contributed by atoms with Gasteiger partial charge in [0.05, 0.1) is 0 Å².